The Morgan fingerprint density at radius 1 is 0.893 bits per heavy atom. The van der Waals surface area contributed by atoms with Gasteiger partial charge in [0.25, 0.3) is 17.7 Å². The van der Waals surface area contributed by atoms with Crippen molar-refractivity contribution in [2.45, 2.75) is 103 Å². The fourth-order valence-corrected chi connectivity index (χ4v) is 10.3. The molecule has 0 radical (unpaired) electrons. The van der Waals surface area contributed by atoms with Gasteiger partial charge in [-0.2, -0.15) is 0 Å². The maximum Gasteiger partial charge on any atom is 0.410 e. The third kappa shape index (κ3) is 13.0. The number of benzene rings is 3. The van der Waals surface area contributed by atoms with Crippen LogP contribution in [0.15, 0.2) is 91.1 Å². The Morgan fingerprint density at radius 3 is 2.32 bits per heavy atom. The number of aliphatic hydroxyl groups excluding tert-OH is 1. The van der Waals surface area contributed by atoms with Gasteiger partial charge in [0.2, 0.25) is 17.7 Å². The Balaban J connectivity index is 0.852. The van der Waals surface area contributed by atoms with Crippen LogP contribution in [0.25, 0.3) is 11.3 Å². The number of hydrogen-bond acceptors (Lipinski definition) is 11. The van der Waals surface area contributed by atoms with E-state index in [1.165, 1.54) is 23.1 Å². The highest BCUT2D eigenvalue weighted by Crippen LogP contribution is 2.43. The smallest absolute Gasteiger partial charge is 0.410 e. The van der Waals surface area contributed by atoms with Gasteiger partial charge in [0, 0.05) is 74.8 Å². The van der Waals surface area contributed by atoms with Gasteiger partial charge in [-0.1, -0.05) is 74.4 Å². The fourth-order valence-electron chi connectivity index (χ4n) is 10.3. The molecule has 8 rings (SSSR count). The first-order valence-electron chi connectivity index (χ1n) is 25.6. The normalized spacial score (nSPS) is 20.6. The number of halogens is 2. The number of nitrogens with zero attached hydrogens (tertiary/aromatic N) is 5. The molecule has 4 N–H and O–H groups in total. The lowest BCUT2D eigenvalue weighted by molar-refractivity contribution is -0.157. The lowest BCUT2D eigenvalue weighted by atomic mass is 9.84. The molecule has 6 atom stereocenters. The summed E-state index contributed by atoms with van der Waals surface area (Å²) in [6, 6.07) is 17.9. The number of piperidine rings is 1. The lowest BCUT2D eigenvalue weighted by Crippen LogP contribution is -2.61. The predicted molar refractivity (Wildman–Crippen MR) is 270 cm³/mol. The summed E-state index contributed by atoms with van der Waals surface area (Å²) in [5.41, 5.74) is 3.34. The van der Waals surface area contributed by atoms with E-state index >= 15 is 8.78 Å². The number of unbranched alkanes of at least 4 members (excludes halogenated alkanes) is 2. The Bertz CT molecular complexity index is 2750. The Morgan fingerprint density at radius 2 is 1.61 bits per heavy atom. The number of amides is 7. The van der Waals surface area contributed by atoms with Crippen molar-refractivity contribution in [2.75, 3.05) is 44.7 Å². The molecule has 0 aliphatic carbocycles. The van der Waals surface area contributed by atoms with Crippen LogP contribution < -0.4 is 16.0 Å². The maximum absolute atomic E-state index is 16.3. The topological polar surface area (TPSA) is 222 Å². The molecule has 1 aromatic heterocycles. The number of carbonyl (C=O) groups is 7. The number of likely N-dealkylation sites (tertiary alicyclic amines) is 2. The fraction of sp³-hybridized carbons (Fsp3) is 0.455. The van der Waals surface area contributed by atoms with Gasteiger partial charge in [-0.3, -0.25) is 38.6 Å². The number of ether oxygens (including phenoxy) is 2. The largest absolute Gasteiger partial charge is 0.445 e. The first-order valence-corrected chi connectivity index (χ1v) is 25.6. The summed E-state index contributed by atoms with van der Waals surface area (Å²) >= 11 is 0. The van der Waals surface area contributed by atoms with Crippen molar-refractivity contribution in [2.24, 2.45) is 17.8 Å². The highest BCUT2D eigenvalue weighted by Gasteiger charge is 2.57. The van der Waals surface area contributed by atoms with Crippen molar-refractivity contribution in [1.29, 1.82) is 0 Å². The van der Waals surface area contributed by atoms with Crippen LogP contribution in [0.5, 0.6) is 0 Å². The Hall–Kier alpha value is -7.32. The molecule has 3 fully saturated rings. The van der Waals surface area contributed by atoms with Gasteiger partial charge in [0.15, 0.2) is 6.10 Å². The number of anilines is 1. The van der Waals surface area contributed by atoms with E-state index in [-0.39, 0.29) is 62.2 Å². The molecule has 6 unspecified atom stereocenters. The Labute approximate surface area is 433 Å². The number of nitrogens with one attached hydrogen (secondary N) is 3. The molecule has 0 spiro atoms. The van der Waals surface area contributed by atoms with Gasteiger partial charge < -0.3 is 40.0 Å². The average molecular weight is 1040 g/mol. The summed E-state index contributed by atoms with van der Waals surface area (Å²) in [4.78, 5) is 99.0. The molecule has 0 saturated carbocycles. The van der Waals surface area contributed by atoms with E-state index in [2.05, 4.69) is 16.0 Å². The van der Waals surface area contributed by atoms with E-state index in [0.717, 1.165) is 20.9 Å². The van der Waals surface area contributed by atoms with E-state index in [1.807, 2.05) is 41.8 Å². The predicted octanol–water partition coefficient (Wildman–Crippen LogP) is 5.37. The molecular weight excluding hydrogens is 971 g/mol. The second-order valence-electron chi connectivity index (χ2n) is 20.0. The highest BCUT2D eigenvalue weighted by atomic mass is 19.1. The number of imide groups is 1. The number of imidazole rings is 1. The molecule has 5 heterocycles. The van der Waals surface area contributed by atoms with Gasteiger partial charge in [-0.05, 0) is 79.8 Å². The van der Waals surface area contributed by atoms with Gasteiger partial charge in [-0.15, -0.1) is 0 Å². The van der Waals surface area contributed by atoms with Crippen molar-refractivity contribution >= 4 is 47.2 Å². The molecule has 4 aromatic rings. The number of carbonyl (C=O) groups excluding carboxylic acids is 7. The molecule has 4 aliphatic rings. The van der Waals surface area contributed by atoms with E-state index in [0.29, 0.717) is 80.2 Å². The Kier molecular flexibility index (Phi) is 17.5. The minimum Gasteiger partial charge on any atom is -0.445 e. The van der Waals surface area contributed by atoms with E-state index in [1.54, 1.807) is 56.4 Å². The quantitative estimate of drug-likeness (QED) is 0.0651. The number of fused-ring (bicyclic) bond motifs is 1. The maximum atomic E-state index is 16.3. The van der Waals surface area contributed by atoms with Crippen LogP contribution in [-0.2, 0) is 51.4 Å². The molecule has 0 bridgehead atoms. The third-order valence-electron chi connectivity index (χ3n) is 14.3. The molecule has 20 heteroatoms. The lowest BCUT2D eigenvalue weighted by Gasteiger charge is -2.46. The number of hydrogen-bond donors (Lipinski definition) is 4. The van der Waals surface area contributed by atoms with Crippen LogP contribution in [0.2, 0.25) is 0 Å². The second-order valence-corrected chi connectivity index (χ2v) is 20.0. The van der Waals surface area contributed by atoms with Gasteiger partial charge in [0.1, 0.15) is 30.5 Å². The van der Waals surface area contributed by atoms with Crippen LogP contribution in [0.3, 0.4) is 0 Å². The van der Waals surface area contributed by atoms with Crippen molar-refractivity contribution in [3.8, 4) is 11.3 Å². The van der Waals surface area contributed by atoms with Crippen LogP contribution in [0, 0.1) is 30.5 Å². The second kappa shape index (κ2) is 24.4. The molecular formula is C55H64F2N8O10. The summed E-state index contributed by atoms with van der Waals surface area (Å²) in [6.45, 7) is 5.67. The van der Waals surface area contributed by atoms with Crippen molar-refractivity contribution < 1.29 is 56.9 Å². The molecule has 18 nitrogen and oxygen atoms in total. The molecule has 4 aliphatic heterocycles. The zero-order chi connectivity index (χ0) is 53.3. The number of rotatable bonds is 20. The molecule has 3 aromatic carbocycles. The third-order valence-corrected chi connectivity index (χ3v) is 14.3. The van der Waals surface area contributed by atoms with Gasteiger partial charge in [0.05, 0.1) is 30.9 Å². The van der Waals surface area contributed by atoms with Gasteiger partial charge in [-0.25, -0.2) is 18.6 Å². The number of aryl methyl sites for hydroxylation is 1. The SMILES string of the molecule is Cc1ccc(F)c(-c2cn(Cc3ccccc3)c(C(C3CCOCC3)N3CC4C(F)CN(C(=O)OCc5ccc(NC(=O)CNC(=O)C(NC(=O)CCCCCN6C(=O)C=CC6=O)C(C)C)cc5)C4C(O)C3=O)n2)c1. The number of alkyl halides is 1. The molecule has 7 amide bonds. The van der Waals surface area contributed by atoms with Crippen LogP contribution in [0.4, 0.5) is 19.3 Å². The first-order chi connectivity index (χ1) is 36.1. The van der Waals surface area contributed by atoms with E-state index in [4.69, 9.17) is 14.5 Å². The summed E-state index contributed by atoms with van der Waals surface area (Å²) in [5.74, 6) is -4.26. The zero-order valence-electron chi connectivity index (χ0n) is 42.3. The number of aromatic nitrogens is 2. The van der Waals surface area contributed by atoms with Crippen LogP contribution >= 0.6 is 0 Å². The van der Waals surface area contributed by atoms with E-state index < -0.39 is 72.5 Å². The summed E-state index contributed by atoms with van der Waals surface area (Å²) in [7, 11) is 0. The summed E-state index contributed by atoms with van der Waals surface area (Å²) in [5, 5.41) is 19.8. The number of aliphatic hydroxyl groups is 1. The van der Waals surface area contributed by atoms with Crippen molar-refractivity contribution in [1.82, 2.24) is 34.9 Å². The summed E-state index contributed by atoms with van der Waals surface area (Å²) < 4.78 is 45.0. The van der Waals surface area contributed by atoms with Crippen molar-refractivity contribution in [3.63, 3.8) is 0 Å². The zero-order valence-corrected chi connectivity index (χ0v) is 42.3. The monoisotopic (exact) mass is 1030 g/mol. The molecule has 3 saturated heterocycles. The van der Waals surface area contributed by atoms with Gasteiger partial charge >= 0.3 is 6.09 Å². The van der Waals surface area contributed by atoms with Crippen LogP contribution in [0.1, 0.15) is 80.9 Å². The summed E-state index contributed by atoms with van der Waals surface area (Å²) in [6.07, 6.45) is 2.76. The minimum atomic E-state index is -1.79. The molecule has 398 valence electrons. The molecule has 75 heavy (non-hydrogen) atoms. The van der Waals surface area contributed by atoms with E-state index in [9.17, 15) is 38.7 Å². The standard InChI is InChI=1S/C55H64F2N8O10/c1-33(2)48(61-44(66)12-8-5-9-23-63-46(68)19-20-47(63)69)53(71)58-27-45(67)59-38-16-14-36(15-17-38)32-75-55(73)65-30-42(57)40-29-64(54(72)51(70)50(40)65)49(37-21-24-74-25-22-37)52-60-43(39-26-34(3)13-18-41(39)56)31-62(52)28-35-10-6-4-7-11-35/h4,6-7,10-11,13-20,26,31,33,37,40,42,48-51,70H,5,8-9,12,21-25,27-30,32H2,1-3H3,(H,58,71)(H,59,67)(H,61,66). The average Bonchev–Trinajstić information content (AvgIpc) is 4.08. The first kappa shape index (κ1) is 54.0. The van der Waals surface area contributed by atoms with Crippen LogP contribution in [-0.4, -0.2) is 135 Å². The highest BCUT2D eigenvalue weighted by molar-refractivity contribution is 6.12. The van der Waals surface area contributed by atoms with Crippen molar-refractivity contribution in [3.05, 3.63) is 119 Å². The minimum absolute atomic E-state index is 0.123.